The minimum atomic E-state index is -0.833. The minimum absolute atomic E-state index is 0.0575. The van der Waals surface area contributed by atoms with Crippen LogP contribution in [0, 0.1) is 10.1 Å². The number of non-ortho nitro benzene ring substituents is 1. The first-order valence-corrected chi connectivity index (χ1v) is 7.43. The van der Waals surface area contributed by atoms with Crippen molar-refractivity contribution in [1.29, 1.82) is 0 Å². The van der Waals surface area contributed by atoms with E-state index in [1.165, 1.54) is 24.3 Å². The number of nitro benzene ring substituents is 1. The number of rotatable bonds is 9. The number of carbonyl (C=O) groups is 2. The molecule has 8 N–H and O–H groups in total. The van der Waals surface area contributed by atoms with E-state index < -0.39 is 22.8 Å². The van der Waals surface area contributed by atoms with E-state index in [0.29, 0.717) is 25.1 Å². The summed E-state index contributed by atoms with van der Waals surface area (Å²) >= 11 is 0. The first-order chi connectivity index (χ1) is 11.8. The molecule has 0 aliphatic heterocycles. The molecule has 0 saturated carbocycles. The van der Waals surface area contributed by atoms with Crippen molar-refractivity contribution in [3.05, 3.63) is 34.4 Å². The third-order valence-electron chi connectivity index (χ3n) is 3.13. The van der Waals surface area contributed by atoms with Crippen molar-refractivity contribution >= 4 is 29.1 Å². The number of nitrogens with one attached hydrogen (secondary N) is 2. The summed E-state index contributed by atoms with van der Waals surface area (Å²) in [6.45, 7) is 0.0529. The van der Waals surface area contributed by atoms with E-state index in [4.69, 9.17) is 17.2 Å². The van der Waals surface area contributed by atoms with Gasteiger partial charge in [0.2, 0.25) is 11.8 Å². The second kappa shape index (κ2) is 9.82. The summed E-state index contributed by atoms with van der Waals surface area (Å²) in [6, 6.07) is 4.50. The van der Waals surface area contributed by atoms with E-state index >= 15 is 0 Å². The number of amides is 2. The predicted molar refractivity (Wildman–Crippen MR) is 92.6 cm³/mol. The molecule has 1 rings (SSSR count). The average molecular weight is 351 g/mol. The summed E-state index contributed by atoms with van der Waals surface area (Å²) < 4.78 is 0. The van der Waals surface area contributed by atoms with Crippen molar-refractivity contribution in [3.8, 4) is 0 Å². The van der Waals surface area contributed by atoms with Crippen LogP contribution in [0.15, 0.2) is 29.3 Å². The van der Waals surface area contributed by atoms with Crippen molar-refractivity contribution in [2.75, 3.05) is 18.4 Å². The lowest BCUT2D eigenvalue weighted by Gasteiger charge is -2.18. The first kappa shape index (κ1) is 19.8. The molecule has 11 heteroatoms. The second-order valence-corrected chi connectivity index (χ2v) is 5.07. The van der Waals surface area contributed by atoms with Gasteiger partial charge in [0.1, 0.15) is 6.04 Å². The van der Waals surface area contributed by atoms with Gasteiger partial charge in [0.15, 0.2) is 5.96 Å². The quantitative estimate of drug-likeness (QED) is 0.124. The molecule has 0 aliphatic rings. The minimum Gasteiger partial charge on any atom is -0.370 e. The number of nitrogens with zero attached hydrogens (tertiary/aromatic N) is 2. The van der Waals surface area contributed by atoms with Gasteiger partial charge in [-0.05, 0) is 25.0 Å². The van der Waals surface area contributed by atoms with E-state index in [0.717, 1.165) is 0 Å². The Hall–Kier alpha value is -3.21. The van der Waals surface area contributed by atoms with Gasteiger partial charge in [0.05, 0.1) is 11.5 Å². The molecule has 0 spiro atoms. The van der Waals surface area contributed by atoms with Crippen molar-refractivity contribution in [1.82, 2.24) is 5.32 Å². The zero-order chi connectivity index (χ0) is 18.8. The standard InChI is InChI=1S/C14H21N7O4/c15-8-12(22)20-11(2-1-7-18-14(16)17)13(23)19-9-3-5-10(6-4-9)21(24)25/h3-6,11H,1-2,7-8,15H2,(H,19,23)(H,20,22)(H4,16,17,18)/t11-/m1/s1. The highest BCUT2D eigenvalue weighted by Crippen LogP contribution is 2.16. The van der Waals surface area contributed by atoms with Crippen LogP contribution in [0.4, 0.5) is 11.4 Å². The Kier molecular flexibility index (Phi) is 7.79. The maximum absolute atomic E-state index is 12.3. The first-order valence-electron chi connectivity index (χ1n) is 7.43. The number of aliphatic imine (C=N–C) groups is 1. The van der Waals surface area contributed by atoms with Crippen LogP contribution in [-0.4, -0.2) is 41.8 Å². The number of nitro groups is 1. The normalized spacial score (nSPS) is 11.2. The highest BCUT2D eigenvalue weighted by Gasteiger charge is 2.20. The van der Waals surface area contributed by atoms with Crippen molar-refractivity contribution in [3.63, 3.8) is 0 Å². The fraction of sp³-hybridized carbons (Fsp3) is 0.357. The van der Waals surface area contributed by atoms with Gasteiger partial charge in [-0.15, -0.1) is 0 Å². The molecule has 11 nitrogen and oxygen atoms in total. The molecule has 136 valence electrons. The Balaban J connectivity index is 2.71. The van der Waals surface area contributed by atoms with Gasteiger partial charge in [-0.2, -0.15) is 0 Å². The largest absolute Gasteiger partial charge is 0.370 e. The van der Waals surface area contributed by atoms with Crippen LogP contribution in [0.2, 0.25) is 0 Å². The molecular formula is C14H21N7O4. The molecule has 1 aromatic rings. The SMILES string of the molecule is NCC(=O)N[C@H](CCCN=C(N)N)C(=O)Nc1ccc([N+](=O)[O-])cc1. The van der Waals surface area contributed by atoms with Crippen LogP contribution in [0.5, 0.6) is 0 Å². The van der Waals surface area contributed by atoms with Gasteiger partial charge in [-0.1, -0.05) is 0 Å². The highest BCUT2D eigenvalue weighted by atomic mass is 16.6. The highest BCUT2D eigenvalue weighted by molar-refractivity contribution is 5.97. The maximum atomic E-state index is 12.3. The number of anilines is 1. The zero-order valence-corrected chi connectivity index (χ0v) is 13.5. The molecule has 0 bridgehead atoms. The molecule has 1 atom stereocenters. The number of hydrogen-bond donors (Lipinski definition) is 5. The molecule has 0 unspecified atom stereocenters. The summed E-state index contributed by atoms with van der Waals surface area (Å²) in [5.74, 6) is -1.01. The summed E-state index contributed by atoms with van der Waals surface area (Å²) in [4.78, 5) is 37.7. The second-order valence-electron chi connectivity index (χ2n) is 5.07. The number of nitrogens with two attached hydrogens (primary N) is 3. The van der Waals surface area contributed by atoms with Crippen LogP contribution in [0.25, 0.3) is 0 Å². The van der Waals surface area contributed by atoms with Crippen LogP contribution in [-0.2, 0) is 9.59 Å². The Morgan fingerprint density at radius 2 is 1.88 bits per heavy atom. The van der Waals surface area contributed by atoms with Crippen LogP contribution < -0.4 is 27.8 Å². The molecular weight excluding hydrogens is 330 g/mol. The van der Waals surface area contributed by atoms with Gasteiger partial charge in [0, 0.05) is 24.4 Å². The van der Waals surface area contributed by atoms with Gasteiger partial charge in [0.25, 0.3) is 5.69 Å². The third-order valence-corrected chi connectivity index (χ3v) is 3.13. The molecule has 25 heavy (non-hydrogen) atoms. The Labute approximate surface area is 143 Å². The number of hydrogen-bond acceptors (Lipinski definition) is 6. The van der Waals surface area contributed by atoms with Crippen molar-refractivity contribution in [2.24, 2.45) is 22.2 Å². The smallest absolute Gasteiger partial charge is 0.269 e. The molecule has 0 heterocycles. The number of guanidine groups is 1. The summed E-state index contributed by atoms with van der Waals surface area (Å²) in [7, 11) is 0. The number of benzene rings is 1. The molecule has 1 aromatic carbocycles. The molecule has 0 radical (unpaired) electrons. The maximum Gasteiger partial charge on any atom is 0.269 e. The van der Waals surface area contributed by atoms with Crippen molar-refractivity contribution in [2.45, 2.75) is 18.9 Å². The Morgan fingerprint density at radius 1 is 1.24 bits per heavy atom. The molecule has 0 aromatic heterocycles. The molecule has 2 amide bonds. The molecule has 0 fully saturated rings. The lowest BCUT2D eigenvalue weighted by atomic mass is 10.1. The van der Waals surface area contributed by atoms with Crippen LogP contribution in [0.1, 0.15) is 12.8 Å². The summed E-state index contributed by atoms with van der Waals surface area (Å²) in [6.07, 6.45) is 0.752. The van der Waals surface area contributed by atoms with Crippen molar-refractivity contribution < 1.29 is 14.5 Å². The van der Waals surface area contributed by atoms with E-state index in [-0.39, 0.29) is 18.2 Å². The zero-order valence-electron chi connectivity index (χ0n) is 13.5. The molecule has 0 aliphatic carbocycles. The number of carbonyl (C=O) groups excluding carboxylic acids is 2. The third kappa shape index (κ3) is 7.26. The van der Waals surface area contributed by atoms with Gasteiger partial charge >= 0.3 is 0 Å². The summed E-state index contributed by atoms with van der Waals surface area (Å²) in [5.41, 5.74) is 16.0. The van der Waals surface area contributed by atoms with Gasteiger partial charge < -0.3 is 27.8 Å². The van der Waals surface area contributed by atoms with Gasteiger partial charge in [-0.3, -0.25) is 24.7 Å². The van der Waals surface area contributed by atoms with E-state index in [1.807, 2.05) is 0 Å². The fourth-order valence-electron chi connectivity index (χ4n) is 1.92. The average Bonchev–Trinajstić information content (AvgIpc) is 2.57. The predicted octanol–water partition coefficient (Wildman–Crippen LogP) is -0.970. The Bertz CT molecular complexity index is 641. The Morgan fingerprint density at radius 3 is 2.40 bits per heavy atom. The molecule has 0 saturated heterocycles. The van der Waals surface area contributed by atoms with E-state index in [2.05, 4.69) is 15.6 Å². The lowest BCUT2D eigenvalue weighted by Crippen LogP contribution is -2.46. The van der Waals surface area contributed by atoms with Crippen LogP contribution >= 0.6 is 0 Å². The van der Waals surface area contributed by atoms with Crippen LogP contribution in [0.3, 0.4) is 0 Å². The van der Waals surface area contributed by atoms with Gasteiger partial charge in [-0.25, -0.2) is 0 Å². The monoisotopic (exact) mass is 351 g/mol. The van der Waals surface area contributed by atoms with E-state index in [9.17, 15) is 19.7 Å². The lowest BCUT2D eigenvalue weighted by molar-refractivity contribution is -0.384. The topological polar surface area (TPSA) is 192 Å². The fourth-order valence-corrected chi connectivity index (χ4v) is 1.92. The summed E-state index contributed by atoms with van der Waals surface area (Å²) in [5, 5.41) is 15.7. The van der Waals surface area contributed by atoms with E-state index in [1.54, 1.807) is 0 Å².